The van der Waals surface area contributed by atoms with Crippen molar-refractivity contribution in [2.75, 3.05) is 33.4 Å². The summed E-state index contributed by atoms with van der Waals surface area (Å²) in [6, 6.07) is 8.95. The van der Waals surface area contributed by atoms with Gasteiger partial charge in [0.25, 0.3) is 5.91 Å². The summed E-state index contributed by atoms with van der Waals surface area (Å²) >= 11 is 0. The van der Waals surface area contributed by atoms with Crippen molar-refractivity contribution in [1.82, 2.24) is 4.90 Å². The minimum Gasteiger partial charge on any atom is -0.482 e. The number of hydrogen-bond donors (Lipinski definition) is 0. The number of nitriles is 1. The van der Waals surface area contributed by atoms with Crippen LogP contribution >= 0.6 is 0 Å². The van der Waals surface area contributed by atoms with Gasteiger partial charge in [0, 0.05) is 20.2 Å². The number of amides is 1. The highest BCUT2D eigenvalue weighted by Gasteiger charge is 2.17. The number of para-hydroxylation sites is 1. The van der Waals surface area contributed by atoms with Gasteiger partial charge in [-0.1, -0.05) is 18.2 Å². The first-order valence-electron chi connectivity index (χ1n) is 6.81. The van der Waals surface area contributed by atoms with Crippen LogP contribution in [0, 0.1) is 11.3 Å². The number of carbonyl (C=O) groups excluding carboxylic acids is 1. The summed E-state index contributed by atoms with van der Waals surface area (Å²) in [5.41, 5.74) is 1.66. The van der Waals surface area contributed by atoms with Crippen molar-refractivity contribution < 1.29 is 14.3 Å². The van der Waals surface area contributed by atoms with Crippen LogP contribution in [0.4, 0.5) is 0 Å². The van der Waals surface area contributed by atoms with Crippen LogP contribution in [0.5, 0.6) is 5.75 Å². The van der Waals surface area contributed by atoms with Gasteiger partial charge in [-0.2, -0.15) is 5.26 Å². The Bertz CT molecular complexity index is 575. The van der Waals surface area contributed by atoms with Gasteiger partial charge in [0.2, 0.25) is 0 Å². The molecule has 0 aliphatic carbocycles. The van der Waals surface area contributed by atoms with Gasteiger partial charge in [0.1, 0.15) is 11.8 Å². The zero-order valence-corrected chi connectivity index (χ0v) is 12.0. The lowest BCUT2D eigenvalue weighted by Crippen LogP contribution is -2.38. The second-order valence-corrected chi connectivity index (χ2v) is 4.78. The summed E-state index contributed by atoms with van der Waals surface area (Å²) < 4.78 is 10.5. The van der Waals surface area contributed by atoms with Crippen molar-refractivity contribution in [1.29, 1.82) is 5.26 Å². The molecule has 0 saturated carbocycles. The topological polar surface area (TPSA) is 62.6 Å². The van der Waals surface area contributed by atoms with E-state index in [-0.39, 0.29) is 12.5 Å². The van der Waals surface area contributed by atoms with E-state index in [1.54, 1.807) is 36.3 Å². The van der Waals surface area contributed by atoms with E-state index in [1.807, 2.05) is 12.1 Å². The Morgan fingerprint density at radius 3 is 2.90 bits per heavy atom. The Hall–Kier alpha value is -2.32. The Morgan fingerprint density at radius 2 is 2.24 bits per heavy atom. The molecular weight excluding hydrogens is 268 g/mol. The quantitative estimate of drug-likeness (QED) is 0.774. The molecular formula is C16H18N2O3. The molecule has 21 heavy (non-hydrogen) atoms. The van der Waals surface area contributed by atoms with E-state index in [0.29, 0.717) is 31.0 Å². The van der Waals surface area contributed by atoms with Gasteiger partial charge in [-0.25, -0.2) is 0 Å². The second kappa shape index (κ2) is 7.46. The molecule has 0 fully saturated rings. The molecule has 5 nitrogen and oxygen atoms in total. The summed E-state index contributed by atoms with van der Waals surface area (Å²) in [4.78, 5) is 13.8. The van der Waals surface area contributed by atoms with Crippen molar-refractivity contribution in [2.24, 2.45) is 0 Å². The van der Waals surface area contributed by atoms with E-state index >= 15 is 0 Å². The Labute approximate surface area is 124 Å². The molecule has 0 bridgehead atoms. The molecule has 1 aromatic rings. The molecule has 5 heteroatoms. The minimum atomic E-state index is -0.0736. The maximum atomic E-state index is 12.1. The molecule has 0 unspecified atom stereocenters. The van der Waals surface area contributed by atoms with E-state index in [9.17, 15) is 4.79 Å². The van der Waals surface area contributed by atoms with Crippen LogP contribution in [0.25, 0.3) is 0 Å². The summed E-state index contributed by atoms with van der Waals surface area (Å²) in [6.45, 7) is 1.83. The van der Waals surface area contributed by atoms with Crippen molar-refractivity contribution in [3.63, 3.8) is 0 Å². The highest BCUT2D eigenvalue weighted by molar-refractivity contribution is 5.78. The van der Waals surface area contributed by atoms with Crippen LogP contribution in [0.1, 0.15) is 12.0 Å². The number of methoxy groups -OCH3 is 1. The SMILES string of the molecule is COCC1=CCN(C(=O)COc2ccccc2C#N)CC1. The minimum absolute atomic E-state index is 0.0495. The van der Waals surface area contributed by atoms with Crippen LogP contribution in [0.2, 0.25) is 0 Å². The van der Waals surface area contributed by atoms with E-state index in [0.717, 1.165) is 6.42 Å². The van der Waals surface area contributed by atoms with E-state index < -0.39 is 0 Å². The fraction of sp³-hybridized carbons (Fsp3) is 0.375. The Balaban J connectivity index is 1.87. The van der Waals surface area contributed by atoms with Gasteiger partial charge >= 0.3 is 0 Å². The number of carbonyl (C=O) groups is 1. The second-order valence-electron chi connectivity index (χ2n) is 4.78. The number of benzene rings is 1. The predicted octanol–water partition coefficient (Wildman–Crippen LogP) is 1.74. The molecule has 110 valence electrons. The smallest absolute Gasteiger partial charge is 0.260 e. The van der Waals surface area contributed by atoms with Gasteiger partial charge in [0.05, 0.1) is 12.2 Å². The summed E-state index contributed by atoms with van der Waals surface area (Å²) in [5.74, 6) is 0.372. The lowest BCUT2D eigenvalue weighted by molar-refractivity contribution is -0.133. The normalized spacial score (nSPS) is 14.3. The molecule has 0 saturated heterocycles. The van der Waals surface area contributed by atoms with Crippen LogP contribution in [-0.2, 0) is 9.53 Å². The number of hydrogen-bond acceptors (Lipinski definition) is 4. The summed E-state index contributed by atoms with van der Waals surface area (Å²) in [5, 5.41) is 8.97. The lowest BCUT2D eigenvalue weighted by atomic mass is 10.1. The molecule has 1 aliphatic heterocycles. The summed E-state index contributed by atoms with van der Waals surface area (Å²) in [6.07, 6.45) is 2.85. The van der Waals surface area contributed by atoms with Crippen molar-refractivity contribution in [2.45, 2.75) is 6.42 Å². The van der Waals surface area contributed by atoms with Crippen molar-refractivity contribution >= 4 is 5.91 Å². The van der Waals surface area contributed by atoms with Crippen LogP contribution in [0.3, 0.4) is 0 Å². The van der Waals surface area contributed by atoms with Gasteiger partial charge in [-0.05, 0) is 24.1 Å². The average Bonchev–Trinajstić information content (AvgIpc) is 2.54. The third-order valence-corrected chi connectivity index (χ3v) is 3.34. The predicted molar refractivity (Wildman–Crippen MR) is 77.8 cm³/mol. The number of ether oxygens (including phenoxy) is 2. The first-order chi connectivity index (χ1) is 10.2. The largest absolute Gasteiger partial charge is 0.482 e. The highest BCUT2D eigenvalue weighted by Crippen LogP contribution is 2.17. The van der Waals surface area contributed by atoms with E-state index in [1.165, 1.54) is 5.57 Å². The van der Waals surface area contributed by atoms with Crippen LogP contribution < -0.4 is 4.74 Å². The van der Waals surface area contributed by atoms with Gasteiger partial charge < -0.3 is 14.4 Å². The van der Waals surface area contributed by atoms with E-state index in [2.05, 4.69) is 0 Å². The lowest BCUT2D eigenvalue weighted by Gasteiger charge is -2.26. The van der Waals surface area contributed by atoms with Gasteiger partial charge in [-0.15, -0.1) is 0 Å². The Morgan fingerprint density at radius 1 is 1.43 bits per heavy atom. The molecule has 1 heterocycles. The molecule has 0 spiro atoms. The monoisotopic (exact) mass is 286 g/mol. The summed E-state index contributed by atoms with van der Waals surface area (Å²) in [7, 11) is 1.67. The maximum absolute atomic E-state index is 12.1. The average molecular weight is 286 g/mol. The van der Waals surface area contributed by atoms with Crippen molar-refractivity contribution in [3.05, 3.63) is 41.5 Å². The zero-order chi connectivity index (χ0) is 15.1. The molecule has 0 radical (unpaired) electrons. The molecule has 1 amide bonds. The molecule has 0 aromatic heterocycles. The molecule has 0 atom stereocenters. The third kappa shape index (κ3) is 4.07. The van der Waals surface area contributed by atoms with E-state index in [4.69, 9.17) is 14.7 Å². The third-order valence-electron chi connectivity index (χ3n) is 3.34. The standard InChI is InChI=1S/C16H18N2O3/c1-20-11-13-6-8-18(9-7-13)16(19)12-21-15-5-3-2-4-14(15)10-17/h2-6H,7-9,11-12H2,1H3. The first-order valence-corrected chi connectivity index (χ1v) is 6.81. The zero-order valence-electron chi connectivity index (χ0n) is 12.0. The van der Waals surface area contributed by atoms with Crippen molar-refractivity contribution in [3.8, 4) is 11.8 Å². The first kappa shape index (κ1) is 15.1. The van der Waals surface area contributed by atoms with Gasteiger partial charge in [0.15, 0.2) is 6.61 Å². The van der Waals surface area contributed by atoms with Gasteiger partial charge in [-0.3, -0.25) is 4.79 Å². The molecule has 1 aromatic carbocycles. The highest BCUT2D eigenvalue weighted by atomic mass is 16.5. The maximum Gasteiger partial charge on any atom is 0.260 e. The molecule has 1 aliphatic rings. The Kier molecular flexibility index (Phi) is 5.35. The fourth-order valence-corrected chi connectivity index (χ4v) is 2.17. The molecule has 2 rings (SSSR count). The number of nitrogens with zero attached hydrogens (tertiary/aromatic N) is 2. The van der Waals surface area contributed by atoms with Crippen LogP contribution in [0.15, 0.2) is 35.9 Å². The molecule has 0 N–H and O–H groups in total. The fourth-order valence-electron chi connectivity index (χ4n) is 2.17. The number of rotatable bonds is 5. The van der Waals surface area contributed by atoms with Crippen LogP contribution in [-0.4, -0.2) is 44.2 Å².